The Labute approximate surface area is 110 Å². The zero-order chi connectivity index (χ0) is 13.5. The molecule has 1 atom stereocenters. The van der Waals surface area contributed by atoms with Gasteiger partial charge in [0.2, 0.25) is 5.88 Å². The van der Waals surface area contributed by atoms with Gasteiger partial charge in [0.05, 0.1) is 12.7 Å². The molecule has 0 aliphatic heterocycles. The van der Waals surface area contributed by atoms with Crippen LogP contribution >= 0.6 is 0 Å². The maximum Gasteiger partial charge on any atom is 0.214 e. The summed E-state index contributed by atoms with van der Waals surface area (Å²) in [5, 5.41) is 9.25. The van der Waals surface area contributed by atoms with E-state index in [1.807, 2.05) is 12.1 Å². The molecule has 1 unspecified atom stereocenters. The van der Waals surface area contributed by atoms with Gasteiger partial charge in [0.15, 0.2) is 0 Å². The minimum absolute atomic E-state index is 0.0359. The molecule has 0 radical (unpaired) electrons. The van der Waals surface area contributed by atoms with Gasteiger partial charge in [-0.15, -0.1) is 0 Å². The molecule has 3 nitrogen and oxygen atoms in total. The summed E-state index contributed by atoms with van der Waals surface area (Å²) in [4.78, 5) is 4.49. The van der Waals surface area contributed by atoms with Gasteiger partial charge in [-0.3, -0.25) is 0 Å². The topological polar surface area (TPSA) is 42.4 Å². The predicted molar refractivity (Wildman–Crippen MR) is 73.7 cm³/mol. The molecule has 0 aliphatic carbocycles. The number of aliphatic hydroxyl groups excluding tert-OH is 1. The smallest absolute Gasteiger partial charge is 0.214 e. The Bertz CT molecular complexity index is 364. The predicted octanol–water partition coefficient (Wildman–Crippen LogP) is 3.34. The summed E-state index contributed by atoms with van der Waals surface area (Å²) in [6, 6.07) is 3.78. The van der Waals surface area contributed by atoms with Gasteiger partial charge in [-0.1, -0.05) is 27.2 Å². The van der Waals surface area contributed by atoms with Crippen molar-refractivity contribution in [1.82, 2.24) is 4.98 Å². The largest absolute Gasteiger partial charge is 0.475 e. The second kappa shape index (κ2) is 7.37. The number of aromatic nitrogens is 1. The highest BCUT2D eigenvalue weighted by Gasteiger charge is 2.09. The molecule has 0 spiro atoms. The lowest BCUT2D eigenvalue weighted by Crippen LogP contribution is -2.15. The normalized spacial score (nSPS) is 12.8. The minimum atomic E-state index is 0.0359. The molecule has 18 heavy (non-hydrogen) atoms. The summed E-state index contributed by atoms with van der Waals surface area (Å²) in [7, 11) is 0. The van der Waals surface area contributed by atoms with Crippen LogP contribution in [0.2, 0.25) is 0 Å². The highest BCUT2D eigenvalue weighted by molar-refractivity contribution is 5.25. The van der Waals surface area contributed by atoms with Crippen LogP contribution in [0.1, 0.15) is 51.8 Å². The van der Waals surface area contributed by atoms with Crippen molar-refractivity contribution in [3.05, 3.63) is 23.4 Å². The molecule has 1 N–H and O–H groups in total. The van der Waals surface area contributed by atoms with E-state index >= 15 is 0 Å². The second-order valence-corrected chi connectivity index (χ2v) is 5.27. The molecule has 0 saturated heterocycles. The Kier molecular flexibility index (Phi) is 6.13. The number of aliphatic hydroxyl groups is 1. The first-order chi connectivity index (χ1) is 8.55. The molecule has 0 aliphatic rings. The zero-order valence-corrected chi connectivity index (χ0v) is 11.9. The van der Waals surface area contributed by atoms with E-state index in [2.05, 4.69) is 32.7 Å². The van der Waals surface area contributed by atoms with Crippen molar-refractivity contribution < 1.29 is 9.84 Å². The molecule has 1 heterocycles. The van der Waals surface area contributed by atoms with Gasteiger partial charge >= 0.3 is 0 Å². The molecule has 0 aromatic carbocycles. The lowest BCUT2D eigenvalue weighted by molar-refractivity contribution is 0.184. The van der Waals surface area contributed by atoms with Crippen molar-refractivity contribution in [2.45, 2.75) is 59.7 Å². The molecule has 1 aromatic rings. The number of pyridine rings is 1. The van der Waals surface area contributed by atoms with Crippen molar-refractivity contribution >= 4 is 0 Å². The van der Waals surface area contributed by atoms with Crippen LogP contribution in [-0.4, -0.2) is 16.2 Å². The summed E-state index contributed by atoms with van der Waals surface area (Å²) in [6.45, 7) is 8.58. The third kappa shape index (κ3) is 5.05. The van der Waals surface area contributed by atoms with Gasteiger partial charge in [0.1, 0.15) is 0 Å². The number of ether oxygens (including phenoxy) is 1. The van der Waals surface area contributed by atoms with E-state index in [0.29, 0.717) is 11.8 Å². The number of aryl methyl sites for hydroxylation is 1. The lowest BCUT2D eigenvalue weighted by Gasteiger charge is -2.17. The van der Waals surface area contributed by atoms with Crippen LogP contribution in [0.15, 0.2) is 12.1 Å². The van der Waals surface area contributed by atoms with Crippen LogP contribution in [0.3, 0.4) is 0 Å². The summed E-state index contributed by atoms with van der Waals surface area (Å²) in [5.74, 6) is 1.24. The van der Waals surface area contributed by atoms with Crippen LogP contribution < -0.4 is 4.74 Å². The van der Waals surface area contributed by atoms with E-state index in [1.54, 1.807) is 0 Å². The third-order valence-electron chi connectivity index (χ3n) is 2.73. The monoisotopic (exact) mass is 251 g/mol. The standard InChI is InChI=1S/C15H25NO2/c1-5-6-14-8-13(10-17)9-15(16-14)18-12(4)7-11(2)3/h8-9,11-12,17H,5-7,10H2,1-4H3. The van der Waals surface area contributed by atoms with E-state index in [-0.39, 0.29) is 12.7 Å². The molecule has 0 bridgehead atoms. The van der Waals surface area contributed by atoms with Crippen LogP contribution in [-0.2, 0) is 13.0 Å². The molecule has 0 saturated carbocycles. The minimum Gasteiger partial charge on any atom is -0.475 e. The highest BCUT2D eigenvalue weighted by Crippen LogP contribution is 2.17. The maximum atomic E-state index is 9.25. The molecular formula is C15H25NO2. The Hall–Kier alpha value is -1.09. The first-order valence-corrected chi connectivity index (χ1v) is 6.82. The van der Waals surface area contributed by atoms with E-state index in [9.17, 15) is 5.11 Å². The quantitative estimate of drug-likeness (QED) is 0.808. The maximum absolute atomic E-state index is 9.25. The molecule has 1 rings (SSSR count). The molecule has 102 valence electrons. The van der Waals surface area contributed by atoms with Crippen LogP contribution in [0, 0.1) is 5.92 Å². The van der Waals surface area contributed by atoms with E-state index < -0.39 is 0 Å². The fourth-order valence-electron chi connectivity index (χ4n) is 2.07. The number of nitrogens with zero attached hydrogens (tertiary/aromatic N) is 1. The van der Waals surface area contributed by atoms with Crippen LogP contribution in [0.25, 0.3) is 0 Å². The fraction of sp³-hybridized carbons (Fsp3) is 0.667. The van der Waals surface area contributed by atoms with E-state index in [1.165, 1.54) is 0 Å². The van der Waals surface area contributed by atoms with Crippen molar-refractivity contribution in [2.24, 2.45) is 5.92 Å². The Morgan fingerprint density at radius 3 is 2.56 bits per heavy atom. The van der Waals surface area contributed by atoms with Gasteiger partial charge in [-0.2, -0.15) is 0 Å². The van der Waals surface area contributed by atoms with Gasteiger partial charge in [-0.05, 0) is 37.3 Å². The van der Waals surface area contributed by atoms with E-state index in [4.69, 9.17) is 4.74 Å². The van der Waals surface area contributed by atoms with Crippen molar-refractivity contribution in [1.29, 1.82) is 0 Å². The molecule has 0 fully saturated rings. The number of hydrogen-bond donors (Lipinski definition) is 1. The summed E-state index contributed by atoms with van der Waals surface area (Å²) >= 11 is 0. The first-order valence-electron chi connectivity index (χ1n) is 6.82. The lowest BCUT2D eigenvalue weighted by atomic mass is 10.1. The van der Waals surface area contributed by atoms with Gasteiger partial charge in [0, 0.05) is 11.8 Å². The number of hydrogen-bond acceptors (Lipinski definition) is 3. The van der Waals surface area contributed by atoms with Crippen LogP contribution in [0.5, 0.6) is 5.88 Å². The second-order valence-electron chi connectivity index (χ2n) is 5.27. The molecule has 0 amide bonds. The average molecular weight is 251 g/mol. The fourth-order valence-corrected chi connectivity index (χ4v) is 2.07. The zero-order valence-electron chi connectivity index (χ0n) is 11.9. The van der Waals surface area contributed by atoms with Gasteiger partial charge < -0.3 is 9.84 Å². The van der Waals surface area contributed by atoms with Gasteiger partial charge in [-0.25, -0.2) is 4.98 Å². The van der Waals surface area contributed by atoms with Crippen molar-refractivity contribution in [3.63, 3.8) is 0 Å². The Morgan fingerprint density at radius 2 is 2.00 bits per heavy atom. The van der Waals surface area contributed by atoms with E-state index in [0.717, 1.165) is 30.5 Å². The van der Waals surface area contributed by atoms with Crippen molar-refractivity contribution in [3.8, 4) is 5.88 Å². The molecule has 3 heteroatoms. The van der Waals surface area contributed by atoms with Crippen molar-refractivity contribution in [2.75, 3.05) is 0 Å². The van der Waals surface area contributed by atoms with Crippen LogP contribution in [0.4, 0.5) is 0 Å². The summed E-state index contributed by atoms with van der Waals surface area (Å²) in [5.41, 5.74) is 1.87. The summed E-state index contributed by atoms with van der Waals surface area (Å²) < 4.78 is 5.83. The average Bonchev–Trinajstić information content (AvgIpc) is 2.27. The molecule has 1 aromatic heterocycles. The van der Waals surface area contributed by atoms with Gasteiger partial charge in [0.25, 0.3) is 0 Å². The summed E-state index contributed by atoms with van der Waals surface area (Å²) in [6.07, 6.45) is 3.13. The Morgan fingerprint density at radius 1 is 1.28 bits per heavy atom. The number of rotatable bonds is 7. The Balaban J connectivity index is 2.77. The highest BCUT2D eigenvalue weighted by atomic mass is 16.5. The molecular weight excluding hydrogens is 226 g/mol. The first kappa shape index (κ1) is 15.0. The SMILES string of the molecule is CCCc1cc(CO)cc(OC(C)CC(C)C)n1. The third-order valence-corrected chi connectivity index (χ3v) is 2.73.